The predicted molar refractivity (Wildman–Crippen MR) is 102 cm³/mol. The molecule has 0 amide bonds. The molecule has 0 spiro atoms. The highest BCUT2D eigenvalue weighted by Gasteiger charge is 2.28. The number of rotatable bonds is 6. The summed E-state index contributed by atoms with van der Waals surface area (Å²) < 4.78 is 10.1. The summed E-state index contributed by atoms with van der Waals surface area (Å²) >= 11 is 0. The van der Waals surface area contributed by atoms with Crippen molar-refractivity contribution in [2.45, 2.75) is 26.3 Å². The minimum Gasteiger partial charge on any atom is -0.469 e. The zero-order valence-corrected chi connectivity index (χ0v) is 17.2. The van der Waals surface area contributed by atoms with E-state index in [-0.39, 0.29) is 41.4 Å². The fourth-order valence-corrected chi connectivity index (χ4v) is 2.34. The molecule has 23 heavy (non-hydrogen) atoms. The molecule has 1 rings (SSSR count). The Balaban J connectivity index is 0.00000484. The van der Waals surface area contributed by atoms with Crippen molar-refractivity contribution in [1.82, 2.24) is 15.5 Å². The molecular weight excluding hydrogens is 411 g/mol. The first-order valence-electron chi connectivity index (χ1n) is 7.76. The van der Waals surface area contributed by atoms with Gasteiger partial charge in [-0.15, -0.1) is 24.0 Å². The zero-order chi connectivity index (χ0) is 16.6. The molecule has 1 saturated heterocycles. The lowest BCUT2D eigenvalue weighted by atomic mass is 10.0. The van der Waals surface area contributed by atoms with Crippen molar-refractivity contribution in [2.75, 3.05) is 53.6 Å². The van der Waals surface area contributed by atoms with E-state index in [9.17, 15) is 4.79 Å². The van der Waals surface area contributed by atoms with Crippen molar-refractivity contribution in [3.05, 3.63) is 0 Å². The van der Waals surface area contributed by atoms with Crippen molar-refractivity contribution in [2.24, 2.45) is 10.9 Å². The molecular formula is C15H31IN4O3. The van der Waals surface area contributed by atoms with Gasteiger partial charge in [0.05, 0.1) is 26.2 Å². The SMILES string of the molecule is CN=C(NCC(C)C(=O)OC)NCC(C)(C)N1CCOCC1.I. The van der Waals surface area contributed by atoms with Gasteiger partial charge in [-0.25, -0.2) is 0 Å². The summed E-state index contributed by atoms with van der Waals surface area (Å²) in [7, 11) is 3.12. The summed E-state index contributed by atoms with van der Waals surface area (Å²) in [5, 5.41) is 6.48. The number of morpholine rings is 1. The summed E-state index contributed by atoms with van der Waals surface area (Å²) in [6, 6.07) is 0. The molecule has 0 aromatic rings. The van der Waals surface area contributed by atoms with E-state index in [1.165, 1.54) is 7.11 Å². The van der Waals surface area contributed by atoms with Crippen LogP contribution in [0.25, 0.3) is 0 Å². The van der Waals surface area contributed by atoms with Crippen LogP contribution in [0.3, 0.4) is 0 Å². The van der Waals surface area contributed by atoms with Crippen LogP contribution in [-0.2, 0) is 14.3 Å². The van der Waals surface area contributed by atoms with Gasteiger partial charge >= 0.3 is 5.97 Å². The van der Waals surface area contributed by atoms with E-state index < -0.39 is 0 Å². The monoisotopic (exact) mass is 442 g/mol. The Bertz CT molecular complexity index is 385. The van der Waals surface area contributed by atoms with Gasteiger partial charge in [0.2, 0.25) is 0 Å². The van der Waals surface area contributed by atoms with Gasteiger partial charge in [-0.2, -0.15) is 0 Å². The molecule has 8 heteroatoms. The second-order valence-corrected chi connectivity index (χ2v) is 6.14. The van der Waals surface area contributed by atoms with Crippen molar-refractivity contribution in [1.29, 1.82) is 0 Å². The fourth-order valence-electron chi connectivity index (χ4n) is 2.34. The van der Waals surface area contributed by atoms with Crippen LogP contribution < -0.4 is 10.6 Å². The van der Waals surface area contributed by atoms with Gasteiger partial charge < -0.3 is 20.1 Å². The Morgan fingerprint density at radius 1 is 1.35 bits per heavy atom. The molecule has 1 unspecified atom stereocenters. The third kappa shape index (κ3) is 7.67. The second-order valence-electron chi connectivity index (χ2n) is 6.14. The van der Waals surface area contributed by atoms with E-state index in [0.717, 1.165) is 32.8 Å². The molecule has 1 heterocycles. The number of guanidine groups is 1. The minimum absolute atomic E-state index is 0. The summed E-state index contributed by atoms with van der Waals surface area (Å²) in [4.78, 5) is 18.0. The molecule has 136 valence electrons. The number of nitrogens with zero attached hydrogens (tertiary/aromatic N) is 2. The van der Waals surface area contributed by atoms with E-state index in [0.29, 0.717) is 12.5 Å². The highest BCUT2D eigenvalue weighted by atomic mass is 127. The number of aliphatic imine (C=N–C) groups is 1. The summed E-state index contributed by atoms with van der Waals surface area (Å²) in [6.07, 6.45) is 0. The normalized spacial score (nSPS) is 17.9. The minimum atomic E-state index is -0.225. The fraction of sp³-hybridized carbons (Fsp3) is 0.867. The predicted octanol–water partition coefficient (Wildman–Crippen LogP) is 0.689. The van der Waals surface area contributed by atoms with Crippen LogP contribution in [0.4, 0.5) is 0 Å². The maximum absolute atomic E-state index is 11.4. The Hall–Kier alpha value is -0.610. The molecule has 0 bridgehead atoms. The zero-order valence-electron chi connectivity index (χ0n) is 14.8. The summed E-state index contributed by atoms with van der Waals surface area (Å²) in [6.45, 7) is 10.9. The van der Waals surface area contributed by atoms with Crippen molar-refractivity contribution in [3.8, 4) is 0 Å². The number of hydrogen-bond donors (Lipinski definition) is 2. The molecule has 2 N–H and O–H groups in total. The van der Waals surface area contributed by atoms with Crippen LogP contribution in [0, 0.1) is 5.92 Å². The van der Waals surface area contributed by atoms with Crippen molar-refractivity contribution < 1.29 is 14.3 Å². The quantitative estimate of drug-likeness (QED) is 0.273. The number of carbonyl (C=O) groups is 1. The number of halogens is 1. The van der Waals surface area contributed by atoms with Crippen LogP contribution in [0.1, 0.15) is 20.8 Å². The molecule has 1 fully saturated rings. The first-order chi connectivity index (χ1) is 10.4. The number of esters is 1. The summed E-state index contributed by atoms with van der Waals surface area (Å²) in [5.74, 6) is 0.254. The topological polar surface area (TPSA) is 75.2 Å². The number of nitrogens with one attached hydrogen (secondary N) is 2. The number of hydrogen-bond acceptors (Lipinski definition) is 5. The van der Waals surface area contributed by atoms with E-state index >= 15 is 0 Å². The van der Waals surface area contributed by atoms with E-state index in [1.54, 1.807) is 7.05 Å². The lowest BCUT2D eigenvalue weighted by Gasteiger charge is -2.41. The number of methoxy groups -OCH3 is 1. The Morgan fingerprint density at radius 3 is 2.48 bits per heavy atom. The maximum Gasteiger partial charge on any atom is 0.310 e. The van der Waals surface area contributed by atoms with Crippen LogP contribution in [0.2, 0.25) is 0 Å². The molecule has 0 aromatic heterocycles. The van der Waals surface area contributed by atoms with Gasteiger partial charge in [-0.1, -0.05) is 6.92 Å². The van der Waals surface area contributed by atoms with Gasteiger partial charge in [0.25, 0.3) is 0 Å². The molecule has 7 nitrogen and oxygen atoms in total. The molecule has 0 saturated carbocycles. The highest BCUT2D eigenvalue weighted by molar-refractivity contribution is 14.0. The largest absolute Gasteiger partial charge is 0.469 e. The molecule has 0 aromatic carbocycles. The molecule has 1 atom stereocenters. The second kappa shape index (κ2) is 11.0. The maximum atomic E-state index is 11.4. The first kappa shape index (κ1) is 22.4. The lowest BCUT2D eigenvalue weighted by molar-refractivity contribution is -0.144. The van der Waals surface area contributed by atoms with E-state index in [4.69, 9.17) is 9.47 Å². The first-order valence-corrected chi connectivity index (χ1v) is 7.76. The smallest absolute Gasteiger partial charge is 0.310 e. The molecule has 0 radical (unpaired) electrons. The van der Waals surface area contributed by atoms with Gasteiger partial charge in [0, 0.05) is 38.8 Å². The Kier molecular flexibility index (Phi) is 10.7. The average molecular weight is 442 g/mol. The number of carbonyl (C=O) groups excluding carboxylic acids is 1. The van der Waals surface area contributed by atoms with Crippen LogP contribution in [0.15, 0.2) is 4.99 Å². The van der Waals surface area contributed by atoms with E-state index in [1.807, 2.05) is 6.92 Å². The van der Waals surface area contributed by atoms with Crippen molar-refractivity contribution in [3.63, 3.8) is 0 Å². The highest BCUT2D eigenvalue weighted by Crippen LogP contribution is 2.14. The number of ether oxygens (including phenoxy) is 2. The molecule has 1 aliphatic rings. The Labute approximate surface area is 156 Å². The average Bonchev–Trinajstić information content (AvgIpc) is 2.54. The lowest BCUT2D eigenvalue weighted by Crippen LogP contribution is -2.56. The van der Waals surface area contributed by atoms with Gasteiger partial charge in [0.1, 0.15) is 0 Å². The van der Waals surface area contributed by atoms with Crippen LogP contribution in [-0.4, -0.2) is 75.9 Å². The third-order valence-electron chi connectivity index (χ3n) is 3.96. The third-order valence-corrected chi connectivity index (χ3v) is 3.96. The van der Waals surface area contributed by atoms with Gasteiger partial charge in [0.15, 0.2) is 5.96 Å². The van der Waals surface area contributed by atoms with E-state index in [2.05, 4.69) is 34.4 Å². The van der Waals surface area contributed by atoms with Crippen LogP contribution >= 0.6 is 24.0 Å². The standard InChI is InChI=1S/C15H30N4O3.HI/c1-12(13(20)21-5)10-17-14(16-4)18-11-15(2,3)19-6-8-22-9-7-19;/h12H,6-11H2,1-5H3,(H2,16,17,18);1H. The summed E-state index contributed by atoms with van der Waals surface area (Å²) in [5.41, 5.74) is 0.00929. The van der Waals surface area contributed by atoms with Gasteiger partial charge in [-0.05, 0) is 13.8 Å². The Morgan fingerprint density at radius 2 is 1.96 bits per heavy atom. The van der Waals surface area contributed by atoms with Crippen LogP contribution in [0.5, 0.6) is 0 Å². The molecule has 1 aliphatic heterocycles. The molecule has 0 aliphatic carbocycles. The van der Waals surface area contributed by atoms with Crippen molar-refractivity contribution >= 4 is 35.9 Å². The van der Waals surface area contributed by atoms with Gasteiger partial charge in [-0.3, -0.25) is 14.7 Å².